The summed E-state index contributed by atoms with van der Waals surface area (Å²) < 4.78 is 81.9. The molecule has 0 aliphatic heterocycles. The van der Waals surface area contributed by atoms with Crippen LogP contribution in [-0.2, 0) is 21.1 Å². The van der Waals surface area contributed by atoms with Crippen molar-refractivity contribution in [2.24, 2.45) is 5.92 Å². The Morgan fingerprint density at radius 3 is 2.45 bits per heavy atom. The highest BCUT2D eigenvalue weighted by Crippen LogP contribution is 2.32. The fourth-order valence-electron chi connectivity index (χ4n) is 3.82. The Hall–Kier alpha value is -4.11. The van der Waals surface area contributed by atoms with E-state index in [1.807, 2.05) is 0 Å². The number of aromatic amines is 2. The first-order chi connectivity index (χ1) is 18.8. The number of hydrogen-bond donors (Lipinski definition) is 4. The molecule has 1 saturated carbocycles. The molecule has 10 nitrogen and oxygen atoms in total. The van der Waals surface area contributed by atoms with E-state index in [9.17, 15) is 35.6 Å². The number of hydrogen-bond acceptors (Lipinski definition) is 6. The third-order valence-electron chi connectivity index (χ3n) is 6.17. The molecule has 1 fully saturated rings. The van der Waals surface area contributed by atoms with Gasteiger partial charge in [-0.25, -0.2) is 19.2 Å². The van der Waals surface area contributed by atoms with Gasteiger partial charge in [-0.2, -0.15) is 21.6 Å². The quantitative estimate of drug-likeness (QED) is 0.198. The number of alkyl halides is 3. The summed E-state index contributed by atoms with van der Waals surface area (Å²) in [6.45, 7) is -0.00579. The highest BCUT2D eigenvalue weighted by atomic mass is 32.2. The molecule has 1 amide bonds. The number of H-pyrrole nitrogens is 2. The highest BCUT2D eigenvalue weighted by Gasteiger charge is 2.31. The SMILES string of the molecule is O=C(NCCS(=O)(=O)O)C1CCC1.O=c1ncc(-c2ccc(-c3nc4ccc(C(F)(F)F)cc4[nH]3)c(F)c2)c[nH]1. The first kappa shape index (κ1) is 28.9. The molecule has 0 spiro atoms. The molecule has 0 radical (unpaired) electrons. The summed E-state index contributed by atoms with van der Waals surface area (Å²) in [5.41, 5.74) is 0.234. The largest absolute Gasteiger partial charge is 0.416 e. The van der Waals surface area contributed by atoms with Crippen LogP contribution < -0.4 is 11.0 Å². The number of carbonyl (C=O) groups is 1. The zero-order chi connectivity index (χ0) is 29.1. The zero-order valence-electron chi connectivity index (χ0n) is 20.6. The van der Waals surface area contributed by atoms with Crippen molar-refractivity contribution in [3.8, 4) is 22.5 Å². The molecule has 1 aliphatic carbocycles. The topological polar surface area (TPSA) is 158 Å². The molecule has 2 heterocycles. The zero-order valence-corrected chi connectivity index (χ0v) is 21.4. The second kappa shape index (κ2) is 11.6. The molecular formula is C25H23F4N5O5S. The fourth-order valence-corrected chi connectivity index (χ4v) is 4.18. The van der Waals surface area contributed by atoms with Crippen LogP contribution in [0.5, 0.6) is 0 Å². The van der Waals surface area contributed by atoms with E-state index >= 15 is 0 Å². The smallest absolute Gasteiger partial charge is 0.355 e. The predicted octanol–water partition coefficient (Wildman–Crippen LogP) is 3.93. The summed E-state index contributed by atoms with van der Waals surface area (Å²) >= 11 is 0. The van der Waals surface area contributed by atoms with E-state index < -0.39 is 39.1 Å². The number of fused-ring (bicyclic) bond motifs is 1. The molecule has 0 unspecified atom stereocenters. The Kier molecular flexibility index (Phi) is 8.34. The Labute approximate surface area is 224 Å². The van der Waals surface area contributed by atoms with Crippen molar-refractivity contribution in [3.05, 3.63) is 70.7 Å². The van der Waals surface area contributed by atoms with Crippen molar-refractivity contribution < 1.29 is 35.3 Å². The van der Waals surface area contributed by atoms with Crippen LogP contribution >= 0.6 is 0 Å². The molecule has 2 aromatic heterocycles. The lowest BCUT2D eigenvalue weighted by atomic mass is 9.85. The van der Waals surface area contributed by atoms with Gasteiger partial charge < -0.3 is 15.3 Å². The Morgan fingerprint density at radius 2 is 1.88 bits per heavy atom. The van der Waals surface area contributed by atoms with Gasteiger partial charge in [-0.15, -0.1) is 0 Å². The van der Waals surface area contributed by atoms with Crippen LogP contribution in [0.1, 0.15) is 24.8 Å². The number of halogens is 4. The molecule has 5 rings (SSSR count). The monoisotopic (exact) mass is 581 g/mol. The molecule has 4 N–H and O–H groups in total. The number of amides is 1. The molecule has 0 saturated heterocycles. The average Bonchev–Trinajstić information content (AvgIpc) is 3.25. The summed E-state index contributed by atoms with van der Waals surface area (Å²) in [6.07, 6.45) is 1.08. The number of carbonyl (C=O) groups excluding carboxylic acids is 1. The van der Waals surface area contributed by atoms with Crippen LogP contribution in [0.2, 0.25) is 0 Å². The minimum Gasteiger partial charge on any atom is -0.355 e. The lowest BCUT2D eigenvalue weighted by molar-refractivity contribution is -0.137. The van der Waals surface area contributed by atoms with Crippen LogP contribution in [0, 0.1) is 11.7 Å². The highest BCUT2D eigenvalue weighted by molar-refractivity contribution is 7.85. The number of nitrogens with one attached hydrogen (secondary N) is 3. The van der Waals surface area contributed by atoms with Gasteiger partial charge in [0.2, 0.25) is 5.91 Å². The van der Waals surface area contributed by atoms with Crippen LogP contribution in [0.15, 0.2) is 53.6 Å². The first-order valence-corrected chi connectivity index (χ1v) is 13.6. The maximum Gasteiger partial charge on any atom is 0.416 e. The Bertz CT molecular complexity index is 1680. The van der Waals surface area contributed by atoms with Gasteiger partial charge >= 0.3 is 11.9 Å². The van der Waals surface area contributed by atoms with Crippen LogP contribution in [0.4, 0.5) is 17.6 Å². The Morgan fingerprint density at radius 1 is 1.12 bits per heavy atom. The molecule has 2 aromatic carbocycles. The van der Waals surface area contributed by atoms with E-state index in [0.29, 0.717) is 16.6 Å². The third-order valence-corrected chi connectivity index (χ3v) is 6.89. The van der Waals surface area contributed by atoms with Gasteiger partial charge in [0.1, 0.15) is 11.6 Å². The maximum absolute atomic E-state index is 14.6. The minimum atomic E-state index is -4.48. The van der Waals surface area contributed by atoms with E-state index in [-0.39, 0.29) is 35.3 Å². The molecule has 0 bridgehead atoms. The van der Waals surface area contributed by atoms with E-state index in [1.165, 1.54) is 30.6 Å². The van der Waals surface area contributed by atoms with Crippen LogP contribution in [0.25, 0.3) is 33.5 Å². The number of rotatable bonds is 6. The van der Waals surface area contributed by atoms with Gasteiger partial charge in [-0.1, -0.05) is 12.5 Å². The van der Waals surface area contributed by atoms with Gasteiger partial charge in [0.05, 0.1) is 27.9 Å². The van der Waals surface area contributed by atoms with Gasteiger partial charge in [0, 0.05) is 30.4 Å². The normalized spacial score (nSPS) is 13.8. The lowest BCUT2D eigenvalue weighted by Gasteiger charge is -2.23. The van der Waals surface area contributed by atoms with Gasteiger partial charge in [-0.05, 0) is 48.7 Å². The van der Waals surface area contributed by atoms with Gasteiger partial charge in [0.15, 0.2) is 0 Å². The summed E-state index contributed by atoms with van der Waals surface area (Å²) in [5, 5.41) is 2.46. The van der Waals surface area contributed by atoms with Gasteiger partial charge in [-0.3, -0.25) is 9.35 Å². The van der Waals surface area contributed by atoms with E-state index in [0.717, 1.165) is 31.4 Å². The molecule has 15 heteroatoms. The number of nitrogens with zero attached hydrogens (tertiary/aromatic N) is 2. The molecule has 40 heavy (non-hydrogen) atoms. The third kappa shape index (κ3) is 7.30. The second-order valence-electron chi connectivity index (χ2n) is 9.02. The fraction of sp³-hybridized carbons (Fsp3) is 0.280. The lowest BCUT2D eigenvalue weighted by Crippen LogP contribution is -2.36. The molecule has 1 aliphatic rings. The second-order valence-corrected chi connectivity index (χ2v) is 10.6. The molecule has 0 atom stereocenters. The first-order valence-electron chi connectivity index (χ1n) is 11.9. The average molecular weight is 582 g/mol. The van der Waals surface area contributed by atoms with Crippen molar-refractivity contribution in [2.75, 3.05) is 12.3 Å². The van der Waals surface area contributed by atoms with Crippen LogP contribution in [-0.4, -0.2) is 51.1 Å². The molecular weight excluding hydrogens is 558 g/mol. The molecule has 4 aromatic rings. The molecule has 212 valence electrons. The Balaban J connectivity index is 0.000000240. The van der Waals surface area contributed by atoms with Crippen molar-refractivity contribution >= 4 is 27.1 Å². The van der Waals surface area contributed by atoms with E-state index in [2.05, 4.69) is 25.3 Å². The summed E-state index contributed by atoms with van der Waals surface area (Å²) in [5.74, 6) is -0.955. The van der Waals surface area contributed by atoms with Crippen molar-refractivity contribution in [1.82, 2.24) is 25.3 Å². The summed E-state index contributed by atoms with van der Waals surface area (Å²) in [7, 11) is -3.95. The van der Waals surface area contributed by atoms with Crippen LogP contribution in [0.3, 0.4) is 0 Å². The number of aromatic nitrogens is 4. The number of imidazole rings is 1. The minimum absolute atomic E-state index is 0.00579. The van der Waals surface area contributed by atoms with E-state index in [4.69, 9.17) is 4.55 Å². The number of benzene rings is 2. The van der Waals surface area contributed by atoms with Crippen molar-refractivity contribution in [3.63, 3.8) is 0 Å². The summed E-state index contributed by atoms with van der Waals surface area (Å²) in [4.78, 5) is 35.0. The standard InChI is InChI=1S/C18H10F4N4O.C7H13NO4S/c19-13-5-9(10-7-23-17(27)24-8-10)1-3-12(13)16-25-14-4-2-11(18(20,21)22)6-15(14)26-16;9-7(6-2-1-3-6)8-4-5-13(10,11)12/h1-8H,(H,25,26)(H,23,24,27);6H,1-5H2,(H,8,9)(H,10,11,12). The maximum atomic E-state index is 14.6. The van der Waals surface area contributed by atoms with Crippen molar-refractivity contribution in [2.45, 2.75) is 25.4 Å². The van der Waals surface area contributed by atoms with Crippen molar-refractivity contribution in [1.29, 1.82) is 0 Å². The summed E-state index contributed by atoms with van der Waals surface area (Å²) in [6, 6.07) is 7.38. The van der Waals surface area contributed by atoms with E-state index in [1.54, 1.807) is 6.07 Å². The predicted molar refractivity (Wildman–Crippen MR) is 137 cm³/mol. The van der Waals surface area contributed by atoms with Gasteiger partial charge in [0.25, 0.3) is 10.1 Å².